The molecule has 1 fully saturated rings. The van der Waals surface area contributed by atoms with Crippen LogP contribution < -0.4 is 10.2 Å². The summed E-state index contributed by atoms with van der Waals surface area (Å²) in [4.78, 5) is 34.0. The molecule has 3 heterocycles. The maximum atomic E-state index is 13.1. The summed E-state index contributed by atoms with van der Waals surface area (Å²) in [5.41, 5.74) is 3.36. The van der Waals surface area contributed by atoms with E-state index in [1.165, 1.54) is 13.2 Å². The Morgan fingerprint density at radius 1 is 0.971 bits per heavy atom. The number of anilines is 2. The molecule has 0 spiro atoms. The predicted molar refractivity (Wildman–Crippen MR) is 138 cm³/mol. The number of benzene rings is 2. The van der Waals surface area contributed by atoms with Gasteiger partial charge < -0.3 is 24.3 Å². The zero-order valence-electron chi connectivity index (χ0n) is 19.0. The van der Waals surface area contributed by atoms with Crippen molar-refractivity contribution in [1.29, 1.82) is 0 Å². The van der Waals surface area contributed by atoms with Crippen LogP contribution >= 0.6 is 23.2 Å². The Hall–Kier alpha value is -3.49. The van der Waals surface area contributed by atoms with Crippen LogP contribution in [-0.2, 0) is 4.74 Å². The van der Waals surface area contributed by atoms with Gasteiger partial charge in [0.25, 0.3) is 0 Å². The summed E-state index contributed by atoms with van der Waals surface area (Å²) >= 11 is 12.3. The SMILES string of the molecule is COC(=O)c1ccc(Cl)cc1NC(=O)N1CCCN(c2nc3cc(Cl)ccc3n3cccc23)CC1. The summed E-state index contributed by atoms with van der Waals surface area (Å²) in [6.07, 6.45) is 2.77. The molecule has 0 aliphatic carbocycles. The van der Waals surface area contributed by atoms with Crippen LogP contribution in [0.15, 0.2) is 54.7 Å². The highest BCUT2D eigenvalue weighted by Gasteiger charge is 2.23. The fourth-order valence-electron chi connectivity index (χ4n) is 4.40. The zero-order valence-corrected chi connectivity index (χ0v) is 20.5. The van der Waals surface area contributed by atoms with Gasteiger partial charge in [-0.25, -0.2) is 14.6 Å². The first-order valence-electron chi connectivity index (χ1n) is 11.2. The molecule has 5 rings (SSSR count). The molecule has 0 radical (unpaired) electrons. The molecule has 0 unspecified atom stereocenters. The Bertz CT molecular complexity index is 1440. The van der Waals surface area contributed by atoms with Gasteiger partial charge in [0.15, 0.2) is 5.82 Å². The fourth-order valence-corrected chi connectivity index (χ4v) is 4.74. The largest absolute Gasteiger partial charge is 0.465 e. The first kappa shape index (κ1) is 23.3. The van der Waals surface area contributed by atoms with Crippen LogP contribution in [0.5, 0.6) is 0 Å². The van der Waals surface area contributed by atoms with E-state index in [4.69, 9.17) is 32.9 Å². The summed E-state index contributed by atoms with van der Waals surface area (Å²) in [6.45, 7) is 2.40. The van der Waals surface area contributed by atoms with Gasteiger partial charge in [-0.2, -0.15) is 0 Å². The van der Waals surface area contributed by atoms with Crippen LogP contribution in [0.4, 0.5) is 16.3 Å². The van der Waals surface area contributed by atoms with Gasteiger partial charge in [0.1, 0.15) is 0 Å². The van der Waals surface area contributed by atoms with Gasteiger partial charge in [-0.1, -0.05) is 23.2 Å². The van der Waals surface area contributed by atoms with E-state index in [0.29, 0.717) is 35.4 Å². The molecule has 0 bridgehead atoms. The maximum Gasteiger partial charge on any atom is 0.339 e. The molecule has 1 aliphatic rings. The fraction of sp³-hybridized carbons (Fsp3) is 0.240. The molecule has 4 aromatic rings. The van der Waals surface area contributed by atoms with Gasteiger partial charge in [0.2, 0.25) is 0 Å². The van der Waals surface area contributed by atoms with Crippen molar-refractivity contribution < 1.29 is 14.3 Å². The van der Waals surface area contributed by atoms with Crippen LogP contribution in [0.25, 0.3) is 16.6 Å². The second kappa shape index (κ2) is 9.64. The van der Waals surface area contributed by atoms with E-state index in [-0.39, 0.29) is 11.6 Å². The number of carbonyl (C=O) groups excluding carboxylic acids is 2. The molecule has 2 aromatic carbocycles. The number of esters is 1. The third kappa shape index (κ3) is 4.59. The van der Waals surface area contributed by atoms with Gasteiger partial charge in [-0.05, 0) is 55.0 Å². The number of methoxy groups -OCH3 is 1. The van der Waals surface area contributed by atoms with Crippen molar-refractivity contribution in [2.24, 2.45) is 0 Å². The number of nitrogens with one attached hydrogen (secondary N) is 1. The molecule has 8 nitrogen and oxygen atoms in total. The number of fused-ring (bicyclic) bond motifs is 3. The number of rotatable bonds is 3. The van der Waals surface area contributed by atoms with Crippen molar-refractivity contribution in [3.63, 3.8) is 0 Å². The Morgan fingerprint density at radius 2 is 1.77 bits per heavy atom. The molecule has 35 heavy (non-hydrogen) atoms. The highest BCUT2D eigenvalue weighted by Crippen LogP contribution is 2.28. The zero-order chi connectivity index (χ0) is 24.5. The summed E-state index contributed by atoms with van der Waals surface area (Å²) < 4.78 is 6.93. The lowest BCUT2D eigenvalue weighted by Gasteiger charge is -2.24. The molecule has 2 aromatic heterocycles. The molecule has 180 valence electrons. The number of urea groups is 1. The highest BCUT2D eigenvalue weighted by atomic mass is 35.5. The quantitative estimate of drug-likeness (QED) is 0.376. The molecule has 1 saturated heterocycles. The monoisotopic (exact) mass is 511 g/mol. The number of ether oxygens (including phenoxy) is 1. The highest BCUT2D eigenvalue weighted by molar-refractivity contribution is 6.31. The Balaban J connectivity index is 1.37. The lowest BCUT2D eigenvalue weighted by Crippen LogP contribution is -2.38. The van der Waals surface area contributed by atoms with E-state index in [2.05, 4.69) is 14.6 Å². The molecular formula is C25H23Cl2N5O3. The van der Waals surface area contributed by atoms with Crippen LogP contribution in [-0.4, -0.2) is 59.6 Å². The number of hydrogen-bond acceptors (Lipinski definition) is 5. The van der Waals surface area contributed by atoms with Gasteiger partial charge in [0, 0.05) is 42.4 Å². The number of carbonyl (C=O) groups is 2. The number of amides is 2. The summed E-state index contributed by atoms with van der Waals surface area (Å²) in [5, 5.41) is 3.87. The van der Waals surface area contributed by atoms with Crippen LogP contribution in [0, 0.1) is 0 Å². The van der Waals surface area contributed by atoms with E-state index in [9.17, 15) is 9.59 Å². The van der Waals surface area contributed by atoms with Crippen molar-refractivity contribution in [3.05, 3.63) is 70.3 Å². The number of hydrogen-bond donors (Lipinski definition) is 1. The van der Waals surface area contributed by atoms with Crippen molar-refractivity contribution in [2.75, 3.05) is 43.5 Å². The van der Waals surface area contributed by atoms with Gasteiger partial charge in [-0.3, -0.25) is 0 Å². The van der Waals surface area contributed by atoms with E-state index in [1.54, 1.807) is 17.0 Å². The van der Waals surface area contributed by atoms with Crippen molar-refractivity contribution >= 4 is 63.3 Å². The van der Waals surface area contributed by atoms with Crippen LogP contribution in [0.2, 0.25) is 10.0 Å². The molecule has 1 N–H and O–H groups in total. The second-order valence-corrected chi connectivity index (χ2v) is 9.14. The lowest BCUT2D eigenvalue weighted by atomic mass is 10.2. The predicted octanol–water partition coefficient (Wildman–Crippen LogP) is 5.33. The number of halogens is 2. The van der Waals surface area contributed by atoms with Crippen molar-refractivity contribution in [1.82, 2.24) is 14.3 Å². The smallest absolute Gasteiger partial charge is 0.339 e. The lowest BCUT2D eigenvalue weighted by molar-refractivity contribution is 0.0602. The summed E-state index contributed by atoms with van der Waals surface area (Å²) in [5.74, 6) is 0.313. The average molecular weight is 512 g/mol. The Kier molecular flexibility index (Phi) is 6.40. The number of aromatic nitrogens is 2. The van der Waals surface area contributed by atoms with E-state index in [1.807, 2.05) is 36.5 Å². The first-order chi connectivity index (χ1) is 16.9. The molecule has 10 heteroatoms. The minimum atomic E-state index is -0.544. The number of nitrogens with zero attached hydrogens (tertiary/aromatic N) is 4. The normalized spacial score (nSPS) is 14.3. The van der Waals surface area contributed by atoms with E-state index >= 15 is 0 Å². The maximum absolute atomic E-state index is 13.1. The average Bonchev–Trinajstić information content (AvgIpc) is 3.20. The molecular weight excluding hydrogens is 489 g/mol. The third-order valence-corrected chi connectivity index (χ3v) is 6.58. The van der Waals surface area contributed by atoms with Gasteiger partial charge in [0.05, 0.1) is 34.9 Å². The van der Waals surface area contributed by atoms with E-state index < -0.39 is 5.97 Å². The summed E-state index contributed by atoms with van der Waals surface area (Å²) in [7, 11) is 1.29. The van der Waals surface area contributed by atoms with E-state index in [0.717, 1.165) is 35.3 Å². The first-order valence-corrected chi connectivity index (χ1v) is 12.0. The molecule has 0 atom stereocenters. The minimum Gasteiger partial charge on any atom is -0.465 e. The standard InChI is InChI=1S/C25H23Cl2N5O3/c1-35-24(33)18-7-5-16(26)14-19(18)29-25(34)31-10-3-9-30(12-13-31)23-22-4-2-11-32(22)21-8-6-17(27)15-20(21)28-23/h2,4-8,11,14-15H,3,9-10,12-13H2,1H3,(H,29,34). The molecule has 2 amide bonds. The van der Waals surface area contributed by atoms with Crippen molar-refractivity contribution in [2.45, 2.75) is 6.42 Å². The van der Waals surface area contributed by atoms with Crippen LogP contribution in [0.1, 0.15) is 16.8 Å². The van der Waals surface area contributed by atoms with Gasteiger partial charge in [-0.15, -0.1) is 0 Å². The minimum absolute atomic E-state index is 0.247. The van der Waals surface area contributed by atoms with Crippen LogP contribution in [0.3, 0.4) is 0 Å². The van der Waals surface area contributed by atoms with Crippen molar-refractivity contribution in [3.8, 4) is 0 Å². The topological polar surface area (TPSA) is 79.2 Å². The third-order valence-electron chi connectivity index (χ3n) is 6.11. The summed E-state index contributed by atoms with van der Waals surface area (Å²) in [6, 6.07) is 14.1. The Labute approximate surface area is 212 Å². The Morgan fingerprint density at radius 3 is 2.60 bits per heavy atom. The second-order valence-electron chi connectivity index (χ2n) is 8.27. The van der Waals surface area contributed by atoms with Gasteiger partial charge >= 0.3 is 12.0 Å². The molecule has 0 saturated carbocycles. The molecule has 1 aliphatic heterocycles.